The number of nitrogens with zero attached hydrogens (tertiary/aromatic N) is 3. The Hall–Kier alpha value is -4.39. The SMILES string of the molecule is COC(=O)c1c(N)n(-c2ccc(Oc3ccccc3)cc2)c2nc3ccccc3nc12. The van der Waals surface area contributed by atoms with E-state index in [0.29, 0.717) is 27.9 Å². The fourth-order valence-electron chi connectivity index (χ4n) is 3.51. The Kier molecular flexibility index (Phi) is 4.48. The van der Waals surface area contributed by atoms with Gasteiger partial charge in [0.1, 0.15) is 28.4 Å². The second-order valence-electron chi connectivity index (χ2n) is 6.88. The summed E-state index contributed by atoms with van der Waals surface area (Å²) in [5, 5.41) is 0. The van der Waals surface area contributed by atoms with Gasteiger partial charge in [0.2, 0.25) is 0 Å². The zero-order valence-electron chi connectivity index (χ0n) is 16.6. The molecule has 5 aromatic rings. The van der Waals surface area contributed by atoms with Crippen LogP contribution in [0.15, 0.2) is 78.9 Å². The summed E-state index contributed by atoms with van der Waals surface area (Å²) in [7, 11) is 1.31. The highest BCUT2D eigenvalue weighted by Crippen LogP contribution is 2.32. The number of carbonyl (C=O) groups excluding carboxylic acids is 1. The molecule has 2 heterocycles. The van der Waals surface area contributed by atoms with Crippen LogP contribution >= 0.6 is 0 Å². The van der Waals surface area contributed by atoms with Crippen LogP contribution in [0.4, 0.5) is 5.82 Å². The van der Waals surface area contributed by atoms with Crippen molar-refractivity contribution in [3.8, 4) is 17.2 Å². The van der Waals surface area contributed by atoms with Crippen LogP contribution in [0.2, 0.25) is 0 Å². The van der Waals surface area contributed by atoms with E-state index >= 15 is 0 Å². The van der Waals surface area contributed by atoms with Crippen molar-refractivity contribution >= 4 is 34.0 Å². The van der Waals surface area contributed by atoms with Gasteiger partial charge in [0.25, 0.3) is 0 Å². The predicted molar refractivity (Wildman–Crippen MR) is 119 cm³/mol. The van der Waals surface area contributed by atoms with E-state index in [2.05, 4.69) is 4.98 Å². The van der Waals surface area contributed by atoms with Gasteiger partial charge in [-0.05, 0) is 48.5 Å². The van der Waals surface area contributed by atoms with Gasteiger partial charge in [-0.3, -0.25) is 4.57 Å². The van der Waals surface area contributed by atoms with Crippen molar-refractivity contribution in [2.75, 3.05) is 12.8 Å². The number of aromatic nitrogens is 3. The standard InChI is InChI=1S/C24H18N4O3/c1-30-24(29)20-21-23(27-19-10-6-5-9-18(19)26-21)28(22(20)25)15-11-13-17(14-12-15)31-16-7-3-2-4-8-16/h2-14H,25H2,1H3. The van der Waals surface area contributed by atoms with Gasteiger partial charge < -0.3 is 15.2 Å². The lowest BCUT2D eigenvalue weighted by Gasteiger charge is -2.10. The number of nitrogen functional groups attached to an aromatic ring is 1. The van der Waals surface area contributed by atoms with Gasteiger partial charge in [-0.15, -0.1) is 0 Å². The summed E-state index contributed by atoms with van der Waals surface area (Å²) in [6.45, 7) is 0. The highest BCUT2D eigenvalue weighted by atomic mass is 16.5. The molecule has 0 amide bonds. The largest absolute Gasteiger partial charge is 0.465 e. The molecule has 5 rings (SSSR count). The van der Waals surface area contributed by atoms with Gasteiger partial charge >= 0.3 is 5.97 Å². The molecule has 7 heteroatoms. The third kappa shape index (κ3) is 3.22. The lowest BCUT2D eigenvalue weighted by Crippen LogP contribution is -2.07. The number of nitrogens with two attached hydrogens (primary N) is 1. The topological polar surface area (TPSA) is 92.3 Å². The highest BCUT2D eigenvalue weighted by Gasteiger charge is 2.25. The van der Waals surface area contributed by atoms with Crippen molar-refractivity contribution in [1.82, 2.24) is 14.5 Å². The molecule has 2 aromatic heterocycles. The minimum atomic E-state index is -0.560. The van der Waals surface area contributed by atoms with E-state index in [0.717, 1.165) is 11.4 Å². The van der Waals surface area contributed by atoms with Gasteiger partial charge in [-0.1, -0.05) is 30.3 Å². The molecule has 0 spiro atoms. The number of hydrogen-bond donors (Lipinski definition) is 1. The zero-order chi connectivity index (χ0) is 21.4. The maximum atomic E-state index is 12.5. The fraction of sp³-hybridized carbons (Fsp3) is 0.0417. The first kappa shape index (κ1) is 18.6. The summed E-state index contributed by atoms with van der Waals surface area (Å²) in [6.07, 6.45) is 0. The van der Waals surface area contributed by atoms with Crippen LogP contribution in [-0.2, 0) is 4.74 Å². The lowest BCUT2D eigenvalue weighted by atomic mass is 10.2. The van der Waals surface area contributed by atoms with Gasteiger partial charge in [-0.2, -0.15) is 0 Å². The summed E-state index contributed by atoms with van der Waals surface area (Å²) in [5.74, 6) is 1.07. The maximum absolute atomic E-state index is 12.5. The second-order valence-corrected chi connectivity index (χ2v) is 6.88. The van der Waals surface area contributed by atoms with E-state index in [1.54, 1.807) is 4.57 Å². The normalized spacial score (nSPS) is 11.0. The van der Waals surface area contributed by atoms with Crippen LogP contribution in [0.5, 0.6) is 11.5 Å². The van der Waals surface area contributed by atoms with Crippen molar-refractivity contribution in [3.63, 3.8) is 0 Å². The smallest absolute Gasteiger partial charge is 0.343 e. The first-order chi connectivity index (χ1) is 15.2. The molecule has 152 valence electrons. The summed E-state index contributed by atoms with van der Waals surface area (Å²) >= 11 is 0. The number of hydrogen-bond acceptors (Lipinski definition) is 6. The van der Waals surface area contributed by atoms with E-state index in [4.69, 9.17) is 20.2 Å². The Labute approximate surface area is 177 Å². The van der Waals surface area contributed by atoms with Crippen molar-refractivity contribution in [1.29, 1.82) is 0 Å². The number of rotatable bonds is 4. The third-order valence-corrected chi connectivity index (χ3v) is 4.96. The van der Waals surface area contributed by atoms with E-state index in [9.17, 15) is 4.79 Å². The Morgan fingerprint density at radius 1 is 0.839 bits per heavy atom. The molecule has 0 fully saturated rings. The number of ether oxygens (including phenoxy) is 2. The number of carbonyl (C=O) groups is 1. The number of methoxy groups -OCH3 is 1. The Bertz CT molecular complexity index is 1410. The number of esters is 1. The molecular weight excluding hydrogens is 392 g/mol. The van der Waals surface area contributed by atoms with Crippen molar-refractivity contribution in [3.05, 3.63) is 84.4 Å². The van der Waals surface area contributed by atoms with Crippen LogP contribution in [0, 0.1) is 0 Å². The average molecular weight is 410 g/mol. The Balaban J connectivity index is 1.66. The van der Waals surface area contributed by atoms with Crippen molar-refractivity contribution in [2.45, 2.75) is 0 Å². The van der Waals surface area contributed by atoms with Gasteiger partial charge in [0.15, 0.2) is 5.65 Å². The fourth-order valence-corrected chi connectivity index (χ4v) is 3.51. The molecule has 2 N–H and O–H groups in total. The Morgan fingerprint density at radius 3 is 2.13 bits per heavy atom. The maximum Gasteiger partial charge on any atom is 0.343 e. The molecule has 0 atom stereocenters. The highest BCUT2D eigenvalue weighted by molar-refractivity contribution is 6.08. The number of benzene rings is 3. The third-order valence-electron chi connectivity index (χ3n) is 4.96. The molecule has 0 saturated carbocycles. The lowest BCUT2D eigenvalue weighted by molar-refractivity contribution is 0.0604. The minimum Gasteiger partial charge on any atom is -0.465 e. The van der Waals surface area contributed by atoms with Crippen LogP contribution in [0.3, 0.4) is 0 Å². The van der Waals surface area contributed by atoms with Gasteiger partial charge in [0.05, 0.1) is 18.1 Å². The van der Waals surface area contributed by atoms with Crippen LogP contribution in [0.1, 0.15) is 10.4 Å². The van der Waals surface area contributed by atoms with E-state index in [1.807, 2.05) is 78.9 Å². The van der Waals surface area contributed by atoms with E-state index in [-0.39, 0.29) is 11.4 Å². The van der Waals surface area contributed by atoms with Gasteiger partial charge in [0, 0.05) is 5.69 Å². The first-order valence-electron chi connectivity index (χ1n) is 9.64. The van der Waals surface area contributed by atoms with E-state index < -0.39 is 5.97 Å². The molecule has 0 bridgehead atoms. The molecule has 31 heavy (non-hydrogen) atoms. The molecule has 0 unspecified atom stereocenters. The number of anilines is 1. The molecule has 3 aromatic carbocycles. The molecule has 0 aliphatic heterocycles. The second kappa shape index (κ2) is 7.46. The summed E-state index contributed by atoms with van der Waals surface area (Å²) < 4.78 is 12.5. The average Bonchev–Trinajstić information content (AvgIpc) is 3.09. The minimum absolute atomic E-state index is 0.195. The summed E-state index contributed by atoms with van der Waals surface area (Å²) in [5.41, 5.74) is 9.57. The molecule has 0 radical (unpaired) electrons. The molecule has 7 nitrogen and oxygen atoms in total. The van der Waals surface area contributed by atoms with Crippen LogP contribution in [-0.4, -0.2) is 27.6 Å². The monoisotopic (exact) mass is 410 g/mol. The summed E-state index contributed by atoms with van der Waals surface area (Å²) in [6, 6.07) is 24.3. The molecular formula is C24H18N4O3. The van der Waals surface area contributed by atoms with Crippen LogP contribution < -0.4 is 10.5 Å². The van der Waals surface area contributed by atoms with Crippen molar-refractivity contribution in [2.24, 2.45) is 0 Å². The predicted octanol–water partition coefficient (Wildman–Crippen LogP) is 4.73. The molecule has 0 saturated heterocycles. The van der Waals surface area contributed by atoms with Crippen LogP contribution in [0.25, 0.3) is 27.9 Å². The van der Waals surface area contributed by atoms with Gasteiger partial charge in [-0.25, -0.2) is 14.8 Å². The summed E-state index contributed by atoms with van der Waals surface area (Å²) in [4.78, 5) is 21.8. The quantitative estimate of drug-likeness (QED) is 0.431. The van der Waals surface area contributed by atoms with Crippen molar-refractivity contribution < 1.29 is 14.3 Å². The number of para-hydroxylation sites is 3. The van der Waals surface area contributed by atoms with E-state index in [1.165, 1.54) is 7.11 Å². The molecule has 0 aliphatic rings. The first-order valence-corrected chi connectivity index (χ1v) is 9.64. The molecule has 0 aliphatic carbocycles. The number of fused-ring (bicyclic) bond motifs is 2. The Morgan fingerprint density at radius 2 is 1.45 bits per heavy atom. The zero-order valence-corrected chi connectivity index (χ0v) is 16.6.